The van der Waals surface area contributed by atoms with E-state index in [-0.39, 0.29) is 5.91 Å². The molecule has 0 heterocycles. The smallest absolute Gasteiger partial charge is 0.253 e. The summed E-state index contributed by atoms with van der Waals surface area (Å²) in [5, 5.41) is 0. The van der Waals surface area contributed by atoms with Crippen LogP contribution in [0, 0.1) is 5.92 Å². The van der Waals surface area contributed by atoms with Crippen LogP contribution in [0.3, 0.4) is 0 Å². The highest BCUT2D eigenvalue weighted by molar-refractivity contribution is 5.94. The topological polar surface area (TPSA) is 46.3 Å². The molecule has 2 N–H and O–H groups in total. The minimum atomic E-state index is 0.0906. The lowest BCUT2D eigenvalue weighted by Crippen LogP contribution is -2.34. The van der Waals surface area contributed by atoms with Crippen molar-refractivity contribution in [3.63, 3.8) is 0 Å². The van der Waals surface area contributed by atoms with Crippen molar-refractivity contribution >= 4 is 11.6 Å². The molecule has 1 amide bonds. The Bertz CT molecular complexity index is 359. The molecular weight excluding hydrogens is 212 g/mol. The third-order valence-electron chi connectivity index (χ3n) is 3.06. The Morgan fingerprint density at radius 1 is 1.29 bits per heavy atom. The maximum Gasteiger partial charge on any atom is 0.253 e. The van der Waals surface area contributed by atoms with E-state index in [1.807, 2.05) is 11.8 Å². The second kappa shape index (κ2) is 6.28. The highest BCUT2D eigenvalue weighted by atomic mass is 16.2. The average molecular weight is 234 g/mol. The molecule has 17 heavy (non-hydrogen) atoms. The third kappa shape index (κ3) is 3.77. The number of amides is 1. The summed E-state index contributed by atoms with van der Waals surface area (Å²) >= 11 is 0. The van der Waals surface area contributed by atoms with Crippen LogP contribution >= 0.6 is 0 Å². The molecule has 0 radical (unpaired) electrons. The molecule has 3 nitrogen and oxygen atoms in total. The van der Waals surface area contributed by atoms with Crippen LogP contribution in [-0.2, 0) is 0 Å². The molecule has 0 aliphatic heterocycles. The van der Waals surface area contributed by atoms with Gasteiger partial charge in [0.1, 0.15) is 0 Å². The van der Waals surface area contributed by atoms with Gasteiger partial charge in [-0.25, -0.2) is 0 Å². The monoisotopic (exact) mass is 234 g/mol. The van der Waals surface area contributed by atoms with Gasteiger partial charge in [0.15, 0.2) is 0 Å². The van der Waals surface area contributed by atoms with Gasteiger partial charge in [0.25, 0.3) is 5.91 Å². The third-order valence-corrected chi connectivity index (χ3v) is 3.06. The summed E-state index contributed by atoms with van der Waals surface area (Å²) in [5.41, 5.74) is 7.01. The SMILES string of the molecule is CCC(C)CN(CC)C(=O)c1ccc(N)cc1. The highest BCUT2D eigenvalue weighted by Gasteiger charge is 2.15. The fourth-order valence-corrected chi connectivity index (χ4v) is 1.67. The van der Waals surface area contributed by atoms with Crippen LogP contribution in [0.15, 0.2) is 24.3 Å². The molecule has 1 aromatic rings. The molecule has 0 aliphatic rings. The van der Waals surface area contributed by atoms with Crippen LogP contribution in [0.5, 0.6) is 0 Å². The summed E-state index contributed by atoms with van der Waals surface area (Å²) in [7, 11) is 0. The first kappa shape index (κ1) is 13.6. The number of carbonyl (C=O) groups is 1. The van der Waals surface area contributed by atoms with E-state index in [0.29, 0.717) is 17.2 Å². The number of anilines is 1. The van der Waals surface area contributed by atoms with E-state index >= 15 is 0 Å². The number of rotatable bonds is 5. The quantitative estimate of drug-likeness (QED) is 0.796. The zero-order valence-electron chi connectivity index (χ0n) is 10.9. The molecule has 0 saturated heterocycles. The Labute approximate surface area is 104 Å². The number of hydrogen-bond acceptors (Lipinski definition) is 2. The van der Waals surface area contributed by atoms with Crippen molar-refractivity contribution in [2.45, 2.75) is 27.2 Å². The molecule has 0 fully saturated rings. The van der Waals surface area contributed by atoms with E-state index in [0.717, 1.165) is 19.5 Å². The van der Waals surface area contributed by atoms with Gasteiger partial charge in [0, 0.05) is 24.3 Å². The first-order valence-electron chi connectivity index (χ1n) is 6.23. The molecule has 0 aliphatic carbocycles. The zero-order valence-corrected chi connectivity index (χ0v) is 10.9. The fraction of sp³-hybridized carbons (Fsp3) is 0.500. The van der Waals surface area contributed by atoms with Gasteiger partial charge in [-0.15, -0.1) is 0 Å². The van der Waals surface area contributed by atoms with Crippen molar-refractivity contribution in [3.8, 4) is 0 Å². The maximum atomic E-state index is 12.2. The molecule has 3 heteroatoms. The minimum absolute atomic E-state index is 0.0906. The van der Waals surface area contributed by atoms with E-state index in [1.54, 1.807) is 24.3 Å². The van der Waals surface area contributed by atoms with Crippen LogP contribution in [0.4, 0.5) is 5.69 Å². The average Bonchev–Trinajstić information content (AvgIpc) is 2.35. The van der Waals surface area contributed by atoms with Crippen LogP contribution in [0.25, 0.3) is 0 Å². The second-order valence-electron chi connectivity index (χ2n) is 4.48. The van der Waals surface area contributed by atoms with Gasteiger partial charge in [0.05, 0.1) is 0 Å². The summed E-state index contributed by atoms with van der Waals surface area (Å²) in [6.07, 6.45) is 1.09. The zero-order chi connectivity index (χ0) is 12.8. The largest absolute Gasteiger partial charge is 0.399 e. The predicted molar refractivity (Wildman–Crippen MR) is 71.9 cm³/mol. The van der Waals surface area contributed by atoms with Gasteiger partial charge in [-0.05, 0) is 37.1 Å². The number of carbonyl (C=O) groups excluding carboxylic acids is 1. The Kier molecular flexibility index (Phi) is 5.01. The van der Waals surface area contributed by atoms with Gasteiger partial charge in [-0.3, -0.25) is 4.79 Å². The number of nitrogen functional groups attached to an aromatic ring is 1. The molecule has 0 saturated carbocycles. The van der Waals surface area contributed by atoms with Crippen molar-refractivity contribution in [3.05, 3.63) is 29.8 Å². The number of nitrogens with two attached hydrogens (primary N) is 1. The fourth-order valence-electron chi connectivity index (χ4n) is 1.67. The van der Waals surface area contributed by atoms with E-state index in [1.165, 1.54) is 0 Å². The number of benzene rings is 1. The molecule has 0 spiro atoms. The Hall–Kier alpha value is -1.51. The summed E-state index contributed by atoms with van der Waals surface area (Å²) < 4.78 is 0. The van der Waals surface area contributed by atoms with Gasteiger partial charge < -0.3 is 10.6 Å². The van der Waals surface area contributed by atoms with Crippen molar-refractivity contribution in [1.82, 2.24) is 4.90 Å². The highest BCUT2D eigenvalue weighted by Crippen LogP contribution is 2.11. The molecule has 0 bridgehead atoms. The molecule has 1 atom stereocenters. The molecule has 94 valence electrons. The standard InChI is InChI=1S/C14H22N2O/c1-4-11(3)10-16(5-2)14(17)12-6-8-13(15)9-7-12/h6-9,11H,4-5,10,15H2,1-3H3. The Balaban J connectivity index is 2.75. The normalized spacial score (nSPS) is 12.2. The summed E-state index contributed by atoms with van der Waals surface area (Å²) in [5.74, 6) is 0.625. The van der Waals surface area contributed by atoms with Crippen LogP contribution < -0.4 is 5.73 Å². The van der Waals surface area contributed by atoms with Crippen LogP contribution in [-0.4, -0.2) is 23.9 Å². The van der Waals surface area contributed by atoms with Gasteiger partial charge in [0.2, 0.25) is 0 Å². The lowest BCUT2D eigenvalue weighted by Gasteiger charge is -2.24. The Morgan fingerprint density at radius 2 is 1.88 bits per heavy atom. The molecule has 1 aromatic carbocycles. The first-order valence-corrected chi connectivity index (χ1v) is 6.23. The number of nitrogens with zero attached hydrogens (tertiary/aromatic N) is 1. The first-order chi connectivity index (χ1) is 8.08. The summed E-state index contributed by atoms with van der Waals surface area (Å²) in [6.45, 7) is 7.88. The second-order valence-corrected chi connectivity index (χ2v) is 4.48. The molecule has 1 unspecified atom stereocenters. The van der Waals surface area contributed by atoms with E-state index in [4.69, 9.17) is 5.73 Å². The van der Waals surface area contributed by atoms with Crippen molar-refractivity contribution < 1.29 is 4.79 Å². The summed E-state index contributed by atoms with van der Waals surface area (Å²) in [6, 6.07) is 7.11. The Morgan fingerprint density at radius 3 is 2.35 bits per heavy atom. The van der Waals surface area contributed by atoms with Gasteiger partial charge in [-0.2, -0.15) is 0 Å². The van der Waals surface area contributed by atoms with Gasteiger partial charge >= 0.3 is 0 Å². The van der Waals surface area contributed by atoms with E-state index in [2.05, 4.69) is 13.8 Å². The van der Waals surface area contributed by atoms with Crippen molar-refractivity contribution in [1.29, 1.82) is 0 Å². The molecule has 0 aromatic heterocycles. The van der Waals surface area contributed by atoms with E-state index in [9.17, 15) is 4.79 Å². The van der Waals surface area contributed by atoms with E-state index < -0.39 is 0 Å². The predicted octanol–water partition coefficient (Wildman–Crippen LogP) is 2.78. The summed E-state index contributed by atoms with van der Waals surface area (Å²) in [4.78, 5) is 14.1. The van der Waals surface area contributed by atoms with Crippen LogP contribution in [0.2, 0.25) is 0 Å². The lowest BCUT2D eigenvalue weighted by molar-refractivity contribution is 0.0741. The molecular formula is C14H22N2O. The lowest BCUT2D eigenvalue weighted by atomic mass is 10.1. The molecule has 1 rings (SSSR count). The minimum Gasteiger partial charge on any atom is -0.399 e. The van der Waals surface area contributed by atoms with Crippen molar-refractivity contribution in [2.75, 3.05) is 18.8 Å². The maximum absolute atomic E-state index is 12.2. The number of hydrogen-bond donors (Lipinski definition) is 1. The van der Waals surface area contributed by atoms with Crippen LogP contribution in [0.1, 0.15) is 37.6 Å². The van der Waals surface area contributed by atoms with Gasteiger partial charge in [-0.1, -0.05) is 20.3 Å². The van der Waals surface area contributed by atoms with Crippen molar-refractivity contribution in [2.24, 2.45) is 5.92 Å².